The van der Waals surface area contributed by atoms with Gasteiger partial charge in [-0.3, -0.25) is 4.79 Å². The molecule has 1 heterocycles. The summed E-state index contributed by atoms with van der Waals surface area (Å²) < 4.78 is 0. The van der Waals surface area contributed by atoms with Crippen LogP contribution in [0.3, 0.4) is 0 Å². The average Bonchev–Trinajstić information content (AvgIpc) is 2.70. The molecular formula is C15H21N3OS. The Balaban J connectivity index is 1.82. The van der Waals surface area contributed by atoms with Gasteiger partial charge in [-0.25, -0.2) is 4.98 Å². The monoisotopic (exact) mass is 291 g/mol. The van der Waals surface area contributed by atoms with Gasteiger partial charge in [0.1, 0.15) is 0 Å². The second kappa shape index (κ2) is 8.03. The summed E-state index contributed by atoms with van der Waals surface area (Å²) >= 11 is 1.40. The summed E-state index contributed by atoms with van der Waals surface area (Å²) in [6.45, 7) is 0.335. The number of nitrogens with one attached hydrogen (secondary N) is 1. The molecule has 1 aliphatic carbocycles. The Bertz CT molecular complexity index is 493. The first-order valence-corrected chi connectivity index (χ1v) is 8.04. The van der Waals surface area contributed by atoms with Crippen molar-refractivity contribution in [2.75, 3.05) is 11.9 Å². The summed E-state index contributed by atoms with van der Waals surface area (Å²) in [7, 11) is 0. The number of carbonyl (C=O) groups excluding carboxylic acids is 1. The number of nitrogens with two attached hydrogens (primary N) is 1. The van der Waals surface area contributed by atoms with Crippen LogP contribution in [0, 0.1) is 17.8 Å². The number of aromatic nitrogens is 1. The molecule has 1 aromatic heterocycles. The predicted octanol–water partition coefficient (Wildman–Crippen LogP) is 2.75. The van der Waals surface area contributed by atoms with E-state index in [0.717, 1.165) is 4.88 Å². The van der Waals surface area contributed by atoms with E-state index in [2.05, 4.69) is 22.1 Å². The van der Waals surface area contributed by atoms with Crippen molar-refractivity contribution in [2.24, 2.45) is 11.7 Å². The van der Waals surface area contributed by atoms with Gasteiger partial charge in [0.05, 0.1) is 17.6 Å². The molecule has 20 heavy (non-hydrogen) atoms. The Labute approximate surface area is 124 Å². The molecule has 0 aliphatic heterocycles. The number of nitrogens with zero attached hydrogens (tertiary/aromatic N) is 1. The van der Waals surface area contributed by atoms with Crippen molar-refractivity contribution < 1.29 is 4.79 Å². The first kappa shape index (κ1) is 15.0. The van der Waals surface area contributed by atoms with Crippen LogP contribution in [0.25, 0.3) is 0 Å². The van der Waals surface area contributed by atoms with Crippen molar-refractivity contribution in [3.8, 4) is 11.8 Å². The Kier molecular flexibility index (Phi) is 6.03. The zero-order valence-corrected chi connectivity index (χ0v) is 12.5. The molecular weight excluding hydrogens is 270 g/mol. The first-order valence-electron chi connectivity index (χ1n) is 7.22. The van der Waals surface area contributed by atoms with Crippen molar-refractivity contribution in [1.82, 2.24) is 4.98 Å². The number of rotatable bonds is 3. The van der Waals surface area contributed by atoms with Gasteiger partial charge < -0.3 is 11.1 Å². The van der Waals surface area contributed by atoms with Gasteiger partial charge in [0.2, 0.25) is 5.91 Å². The normalized spacial score (nSPS) is 16.1. The van der Waals surface area contributed by atoms with E-state index < -0.39 is 0 Å². The highest BCUT2D eigenvalue weighted by Gasteiger charge is 2.16. The lowest BCUT2D eigenvalue weighted by atomic mass is 9.96. The fourth-order valence-electron chi connectivity index (χ4n) is 2.53. The number of hydrogen-bond acceptors (Lipinski definition) is 4. The van der Waals surface area contributed by atoms with E-state index in [0.29, 0.717) is 24.0 Å². The van der Waals surface area contributed by atoms with Crippen molar-refractivity contribution in [3.63, 3.8) is 0 Å². The topological polar surface area (TPSA) is 68.0 Å². The van der Waals surface area contributed by atoms with Crippen LogP contribution in [0.1, 0.15) is 49.8 Å². The van der Waals surface area contributed by atoms with E-state index in [1.54, 1.807) is 6.20 Å². The van der Waals surface area contributed by atoms with Gasteiger partial charge in [-0.1, -0.05) is 48.9 Å². The first-order chi connectivity index (χ1) is 9.78. The molecule has 0 spiro atoms. The van der Waals surface area contributed by atoms with Gasteiger partial charge in [0.15, 0.2) is 5.13 Å². The van der Waals surface area contributed by atoms with Gasteiger partial charge in [-0.2, -0.15) is 0 Å². The fourth-order valence-corrected chi connectivity index (χ4v) is 3.24. The maximum atomic E-state index is 12.0. The molecule has 2 rings (SSSR count). The third-order valence-electron chi connectivity index (χ3n) is 3.51. The number of hydrogen-bond donors (Lipinski definition) is 2. The average molecular weight is 291 g/mol. The molecule has 3 N–H and O–H groups in total. The van der Waals surface area contributed by atoms with Gasteiger partial charge in [0.25, 0.3) is 0 Å². The lowest BCUT2D eigenvalue weighted by molar-refractivity contribution is -0.117. The molecule has 1 aliphatic rings. The van der Waals surface area contributed by atoms with Crippen molar-refractivity contribution in [1.29, 1.82) is 0 Å². The minimum atomic E-state index is 0.0737. The van der Waals surface area contributed by atoms with E-state index in [9.17, 15) is 4.79 Å². The molecule has 4 nitrogen and oxygen atoms in total. The predicted molar refractivity (Wildman–Crippen MR) is 82.5 cm³/mol. The number of carbonyl (C=O) groups is 1. The fraction of sp³-hybridized carbons (Fsp3) is 0.600. The highest BCUT2D eigenvalue weighted by Crippen LogP contribution is 2.26. The van der Waals surface area contributed by atoms with Crippen LogP contribution in [0.4, 0.5) is 5.13 Å². The maximum Gasteiger partial charge on any atom is 0.226 e. The quantitative estimate of drug-likeness (QED) is 0.664. The van der Waals surface area contributed by atoms with Crippen LogP contribution in [0.2, 0.25) is 0 Å². The third-order valence-corrected chi connectivity index (χ3v) is 4.34. The Morgan fingerprint density at radius 1 is 1.40 bits per heavy atom. The number of amides is 1. The molecule has 1 saturated carbocycles. The Morgan fingerprint density at radius 2 is 2.15 bits per heavy atom. The van der Waals surface area contributed by atoms with Crippen LogP contribution >= 0.6 is 11.3 Å². The summed E-state index contributed by atoms with van der Waals surface area (Å²) in [4.78, 5) is 17.0. The second-order valence-electron chi connectivity index (χ2n) is 5.15. The lowest BCUT2D eigenvalue weighted by Crippen LogP contribution is -2.16. The zero-order valence-electron chi connectivity index (χ0n) is 11.7. The molecule has 1 fully saturated rings. The van der Waals surface area contributed by atoms with Crippen LogP contribution in [-0.4, -0.2) is 17.4 Å². The second-order valence-corrected chi connectivity index (χ2v) is 6.18. The number of anilines is 1. The Morgan fingerprint density at radius 3 is 2.85 bits per heavy atom. The molecule has 5 heteroatoms. The zero-order chi connectivity index (χ0) is 14.2. The molecule has 0 aromatic carbocycles. The van der Waals surface area contributed by atoms with Crippen molar-refractivity contribution in [3.05, 3.63) is 11.1 Å². The molecule has 0 atom stereocenters. The molecule has 0 bridgehead atoms. The lowest BCUT2D eigenvalue weighted by Gasteiger charge is -2.12. The van der Waals surface area contributed by atoms with Gasteiger partial charge in [-0.15, -0.1) is 0 Å². The molecule has 0 unspecified atom stereocenters. The molecule has 1 amide bonds. The number of thiazole rings is 1. The summed E-state index contributed by atoms with van der Waals surface area (Å²) in [6, 6.07) is 0. The minimum absolute atomic E-state index is 0.0737. The smallest absolute Gasteiger partial charge is 0.226 e. The van der Waals surface area contributed by atoms with Crippen molar-refractivity contribution >= 4 is 22.4 Å². The van der Waals surface area contributed by atoms with Gasteiger partial charge >= 0.3 is 0 Å². The summed E-state index contributed by atoms with van der Waals surface area (Å²) in [6.07, 6.45) is 9.79. The highest BCUT2D eigenvalue weighted by molar-refractivity contribution is 7.16. The SMILES string of the molecule is NCC#Cc1cnc(NC(=O)CC2CCCCCC2)s1. The van der Waals surface area contributed by atoms with Crippen molar-refractivity contribution in [2.45, 2.75) is 44.9 Å². The Hall–Kier alpha value is -1.38. The maximum absolute atomic E-state index is 12.0. The standard InChI is InChI=1S/C15H21N3OS/c16-9-5-8-13-11-17-15(20-13)18-14(19)10-12-6-3-1-2-4-7-12/h11-12H,1-4,6-7,9-10,16H2,(H,17,18,19). The summed E-state index contributed by atoms with van der Waals surface area (Å²) in [5.74, 6) is 6.31. The van der Waals surface area contributed by atoms with E-state index in [-0.39, 0.29) is 5.91 Å². The van der Waals surface area contributed by atoms with E-state index in [4.69, 9.17) is 5.73 Å². The highest BCUT2D eigenvalue weighted by atomic mass is 32.1. The van der Waals surface area contributed by atoms with Crippen LogP contribution in [0.15, 0.2) is 6.20 Å². The molecule has 0 radical (unpaired) electrons. The van der Waals surface area contributed by atoms with Gasteiger partial charge in [0, 0.05) is 6.42 Å². The molecule has 0 saturated heterocycles. The minimum Gasteiger partial charge on any atom is -0.320 e. The molecule has 1 aromatic rings. The largest absolute Gasteiger partial charge is 0.320 e. The van der Waals surface area contributed by atoms with Crippen LogP contribution in [-0.2, 0) is 4.79 Å². The summed E-state index contributed by atoms with van der Waals surface area (Å²) in [5.41, 5.74) is 5.32. The van der Waals surface area contributed by atoms with Crippen LogP contribution in [0.5, 0.6) is 0 Å². The van der Waals surface area contributed by atoms with Gasteiger partial charge in [-0.05, 0) is 18.8 Å². The van der Waals surface area contributed by atoms with E-state index in [1.165, 1.54) is 49.9 Å². The molecule has 108 valence electrons. The summed E-state index contributed by atoms with van der Waals surface area (Å²) in [5, 5.41) is 3.51. The van der Waals surface area contributed by atoms with Crippen LogP contribution < -0.4 is 11.1 Å². The van der Waals surface area contributed by atoms with E-state index >= 15 is 0 Å². The van der Waals surface area contributed by atoms with E-state index in [1.807, 2.05) is 0 Å². The third kappa shape index (κ3) is 4.95.